The van der Waals surface area contributed by atoms with E-state index in [-0.39, 0.29) is 0 Å². The molecule has 62 heavy (non-hydrogen) atoms. The molecule has 13 rings (SSSR count). The summed E-state index contributed by atoms with van der Waals surface area (Å²) >= 11 is 3.74. The molecule has 10 aromatic carbocycles. The molecular formula is C58H35NOS2. The van der Waals surface area contributed by atoms with Gasteiger partial charge in [-0.3, -0.25) is 0 Å². The van der Waals surface area contributed by atoms with Crippen LogP contribution in [0.2, 0.25) is 0 Å². The van der Waals surface area contributed by atoms with Gasteiger partial charge in [0.15, 0.2) is 0 Å². The SMILES string of the molecule is c1ccc2c(c1)ccc1c2oc2cccc(-c3ccc(N(c4ccc(-c5ccc6c(c5)sc5ccccc56)cc4)c4ccc(-c5cccc6c5sc5ccccc56)cc4)cc3)c21. The monoisotopic (exact) mass is 825 g/mol. The van der Waals surface area contributed by atoms with Gasteiger partial charge in [0.1, 0.15) is 11.2 Å². The lowest BCUT2D eigenvalue weighted by Gasteiger charge is -2.26. The Bertz CT molecular complexity index is 3850. The highest BCUT2D eigenvalue weighted by atomic mass is 32.1. The second-order valence-electron chi connectivity index (χ2n) is 16.0. The van der Waals surface area contributed by atoms with E-state index >= 15 is 0 Å². The smallest absolute Gasteiger partial charge is 0.143 e. The van der Waals surface area contributed by atoms with Crippen molar-refractivity contribution < 1.29 is 4.42 Å². The Hall–Kier alpha value is -7.50. The van der Waals surface area contributed by atoms with Gasteiger partial charge in [0.2, 0.25) is 0 Å². The van der Waals surface area contributed by atoms with Gasteiger partial charge in [0.25, 0.3) is 0 Å². The van der Waals surface area contributed by atoms with E-state index in [4.69, 9.17) is 4.42 Å². The molecule has 290 valence electrons. The minimum absolute atomic E-state index is 0.901. The molecule has 0 saturated carbocycles. The number of hydrogen-bond acceptors (Lipinski definition) is 4. The topological polar surface area (TPSA) is 16.4 Å². The fourth-order valence-electron chi connectivity index (χ4n) is 9.50. The standard InChI is InChI=1S/C58H35NOS2/c1-2-10-45-37(9-1)25-34-51-56-44(13-8-16-52(56)60-57(45)51)38-21-29-42(30-22-38)59(41-27-19-36(20-28-41)40-26-33-49-47-11-3-5-17-53(47)61-55(49)35-40)43-31-23-39(24-32-43)46-14-7-15-50-48-12-4-6-18-54(48)62-58(46)50/h1-35H. The number of thiophene rings is 2. The first-order valence-corrected chi connectivity index (χ1v) is 22.6. The lowest BCUT2D eigenvalue weighted by atomic mass is 9.97. The molecule has 0 amide bonds. The number of rotatable bonds is 6. The van der Waals surface area contributed by atoms with Crippen LogP contribution < -0.4 is 4.90 Å². The van der Waals surface area contributed by atoms with Crippen molar-refractivity contribution in [1.29, 1.82) is 0 Å². The first kappa shape index (κ1) is 35.3. The summed E-state index contributed by atoms with van der Waals surface area (Å²) in [4.78, 5) is 2.37. The van der Waals surface area contributed by atoms with Crippen LogP contribution in [-0.2, 0) is 0 Å². The maximum absolute atomic E-state index is 6.56. The van der Waals surface area contributed by atoms with Crippen LogP contribution in [0.1, 0.15) is 0 Å². The number of benzene rings is 10. The minimum atomic E-state index is 0.901. The van der Waals surface area contributed by atoms with Gasteiger partial charge in [-0.05, 0) is 105 Å². The highest BCUT2D eigenvalue weighted by Crippen LogP contribution is 2.44. The zero-order chi connectivity index (χ0) is 40.7. The van der Waals surface area contributed by atoms with Crippen LogP contribution >= 0.6 is 22.7 Å². The summed E-state index contributed by atoms with van der Waals surface area (Å²) in [6, 6.07) is 77.4. The summed E-state index contributed by atoms with van der Waals surface area (Å²) in [5.74, 6) is 0. The number of nitrogens with zero attached hydrogens (tertiary/aromatic N) is 1. The number of fused-ring (bicyclic) bond motifs is 11. The molecule has 0 aliphatic carbocycles. The first-order chi connectivity index (χ1) is 30.7. The van der Waals surface area contributed by atoms with Crippen LogP contribution in [0.5, 0.6) is 0 Å². The van der Waals surface area contributed by atoms with Crippen LogP contribution in [0.15, 0.2) is 217 Å². The minimum Gasteiger partial charge on any atom is -0.455 e. The second kappa shape index (κ2) is 14.0. The quantitative estimate of drug-likeness (QED) is 0.166. The van der Waals surface area contributed by atoms with Crippen molar-refractivity contribution in [2.24, 2.45) is 0 Å². The van der Waals surface area contributed by atoms with Crippen molar-refractivity contribution in [2.75, 3.05) is 4.90 Å². The zero-order valence-corrected chi connectivity index (χ0v) is 35.0. The summed E-state index contributed by atoms with van der Waals surface area (Å²) < 4.78 is 11.8. The van der Waals surface area contributed by atoms with Crippen molar-refractivity contribution in [2.45, 2.75) is 0 Å². The van der Waals surface area contributed by atoms with Gasteiger partial charge < -0.3 is 9.32 Å². The Kier molecular flexibility index (Phi) is 7.99. The molecule has 0 aliphatic heterocycles. The predicted molar refractivity (Wildman–Crippen MR) is 268 cm³/mol. The van der Waals surface area contributed by atoms with Gasteiger partial charge in [-0.2, -0.15) is 0 Å². The summed E-state index contributed by atoms with van der Waals surface area (Å²) in [6.07, 6.45) is 0. The van der Waals surface area contributed by atoms with E-state index in [2.05, 4.69) is 217 Å². The van der Waals surface area contributed by atoms with E-state index in [0.717, 1.165) is 55.5 Å². The van der Waals surface area contributed by atoms with E-state index in [9.17, 15) is 0 Å². The lowest BCUT2D eigenvalue weighted by Crippen LogP contribution is -2.09. The molecule has 3 heterocycles. The highest BCUT2D eigenvalue weighted by molar-refractivity contribution is 7.26. The highest BCUT2D eigenvalue weighted by Gasteiger charge is 2.18. The molecule has 0 unspecified atom stereocenters. The van der Waals surface area contributed by atoms with E-state index in [1.54, 1.807) is 0 Å². The van der Waals surface area contributed by atoms with Crippen molar-refractivity contribution in [1.82, 2.24) is 0 Å². The third-order valence-corrected chi connectivity index (χ3v) is 14.9. The number of hydrogen-bond donors (Lipinski definition) is 0. The molecule has 3 aromatic heterocycles. The van der Waals surface area contributed by atoms with Gasteiger partial charge in [0, 0.05) is 73.6 Å². The normalized spacial score (nSPS) is 11.9. The van der Waals surface area contributed by atoms with Crippen molar-refractivity contribution in [3.8, 4) is 33.4 Å². The van der Waals surface area contributed by atoms with Crippen LogP contribution in [-0.4, -0.2) is 0 Å². The lowest BCUT2D eigenvalue weighted by molar-refractivity contribution is 0.673. The molecule has 0 atom stereocenters. The largest absolute Gasteiger partial charge is 0.455 e. The average molecular weight is 826 g/mol. The number of furan rings is 1. The maximum atomic E-state index is 6.56. The molecule has 0 saturated heterocycles. The Labute approximate surface area is 365 Å². The summed E-state index contributed by atoms with van der Waals surface area (Å²) in [6.45, 7) is 0. The van der Waals surface area contributed by atoms with E-state index < -0.39 is 0 Å². The third-order valence-electron chi connectivity index (χ3n) is 12.5. The summed E-state index contributed by atoms with van der Waals surface area (Å²) in [5.41, 5.74) is 12.3. The predicted octanol–water partition coefficient (Wildman–Crippen LogP) is 17.9. The fourth-order valence-corrected chi connectivity index (χ4v) is 11.9. The maximum Gasteiger partial charge on any atom is 0.143 e. The van der Waals surface area contributed by atoms with Gasteiger partial charge >= 0.3 is 0 Å². The molecule has 13 aromatic rings. The molecule has 0 N–H and O–H groups in total. The van der Waals surface area contributed by atoms with Gasteiger partial charge in [-0.15, -0.1) is 22.7 Å². The molecule has 2 nitrogen and oxygen atoms in total. The Morgan fingerprint density at radius 2 is 0.871 bits per heavy atom. The second-order valence-corrected chi connectivity index (χ2v) is 18.1. The Balaban J connectivity index is 0.905. The van der Waals surface area contributed by atoms with Crippen molar-refractivity contribution in [3.63, 3.8) is 0 Å². The third kappa shape index (κ3) is 5.61. The van der Waals surface area contributed by atoms with Gasteiger partial charge in [0.05, 0.1) is 0 Å². The molecule has 0 fully saturated rings. The van der Waals surface area contributed by atoms with E-state index in [0.29, 0.717) is 0 Å². The zero-order valence-electron chi connectivity index (χ0n) is 33.4. The van der Waals surface area contributed by atoms with E-state index in [1.807, 2.05) is 22.7 Å². The molecule has 0 bridgehead atoms. The first-order valence-electron chi connectivity index (χ1n) is 21.0. The van der Waals surface area contributed by atoms with Crippen LogP contribution in [0.4, 0.5) is 17.1 Å². The Morgan fingerprint density at radius 3 is 1.61 bits per heavy atom. The van der Waals surface area contributed by atoms with Gasteiger partial charge in [-0.25, -0.2) is 0 Å². The Morgan fingerprint density at radius 1 is 0.339 bits per heavy atom. The molecule has 0 spiro atoms. The van der Waals surface area contributed by atoms with Crippen LogP contribution in [0.25, 0.3) is 106 Å². The van der Waals surface area contributed by atoms with Crippen molar-refractivity contribution in [3.05, 3.63) is 212 Å². The van der Waals surface area contributed by atoms with Crippen molar-refractivity contribution >= 4 is 113 Å². The summed E-state index contributed by atoms with van der Waals surface area (Å²) in [7, 11) is 0. The fraction of sp³-hybridized carbons (Fsp3) is 0. The molecule has 0 radical (unpaired) electrons. The molecular weight excluding hydrogens is 791 g/mol. The molecule has 0 aliphatic rings. The van der Waals surface area contributed by atoms with Crippen LogP contribution in [0.3, 0.4) is 0 Å². The number of anilines is 3. The average Bonchev–Trinajstić information content (AvgIpc) is 4.04. The van der Waals surface area contributed by atoms with Gasteiger partial charge in [-0.1, -0.05) is 146 Å². The van der Waals surface area contributed by atoms with E-state index in [1.165, 1.54) is 68.0 Å². The summed E-state index contributed by atoms with van der Waals surface area (Å²) in [5, 5.41) is 9.87. The molecule has 4 heteroatoms. The van der Waals surface area contributed by atoms with Crippen LogP contribution in [0, 0.1) is 0 Å².